The molecule has 0 aliphatic rings. The van der Waals surface area contributed by atoms with Crippen LogP contribution in [0.25, 0.3) is 0 Å². The highest BCUT2D eigenvalue weighted by molar-refractivity contribution is 7.47. The molecule has 0 radical (unpaired) electrons. The molecule has 0 fully saturated rings. The van der Waals surface area contributed by atoms with E-state index in [1.807, 2.05) is 0 Å². The molecule has 19 heteroatoms. The van der Waals surface area contributed by atoms with Crippen molar-refractivity contribution in [3.05, 3.63) is 0 Å². The van der Waals surface area contributed by atoms with Gasteiger partial charge in [-0.25, -0.2) is 9.13 Å². The van der Waals surface area contributed by atoms with Crippen molar-refractivity contribution in [2.75, 3.05) is 39.6 Å². The van der Waals surface area contributed by atoms with Crippen LogP contribution in [0, 0.1) is 5.92 Å². The molecule has 0 amide bonds. The summed E-state index contributed by atoms with van der Waals surface area (Å²) in [5.41, 5.74) is 0. The van der Waals surface area contributed by atoms with Gasteiger partial charge in [0.25, 0.3) is 0 Å². The molecule has 0 saturated carbocycles. The summed E-state index contributed by atoms with van der Waals surface area (Å²) in [6, 6.07) is 0. The third-order valence-corrected chi connectivity index (χ3v) is 21.2. The summed E-state index contributed by atoms with van der Waals surface area (Å²) in [5.74, 6) is -1.30. The second-order valence-corrected chi connectivity index (χ2v) is 32.9. The summed E-state index contributed by atoms with van der Waals surface area (Å²) in [5, 5.41) is 10.6. The molecule has 0 aromatic rings. The lowest BCUT2D eigenvalue weighted by Gasteiger charge is -2.21. The molecule has 0 saturated heterocycles. The van der Waals surface area contributed by atoms with Crippen LogP contribution in [-0.2, 0) is 65.4 Å². The number of aliphatic hydroxyl groups is 1. The van der Waals surface area contributed by atoms with Gasteiger partial charge in [-0.1, -0.05) is 388 Å². The Labute approximate surface area is 619 Å². The van der Waals surface area contributed by atoms with E-state index in [0.29, 0.717) is 25.7 Å². The largest absolute Gasteiger partial charge is 0.472 e. The first-order chi connectivity index (χ1) is 49.0. The highest BCUT2D eigenvalue weighted by atomic mass is 31.2. The number of phosphoric ester groups is 2. The molecule has 0 aromatic carbocycles. The predicted octanol–water partition coefficient (Wildman–Crippen LogP) is 24.8. The summed E-state index contributed by atoms with van der Waals surface area (Å²) in [6.45, 7) is 7.36. The van der Waals surface area contributed by atoms with Gasteiger partial charge in [-0.05, 0) is 31.6 Å². The number of unbranched alkanes of at least 4 members (excludes halogenated alkanes) is 54. The Morgan fingerprint density at radius 1 is 0.267 bits per heavy atom. The molecular formula is C82H160O17P2. The average molecular weight is 1480 g/mol. The Balaban J connectivity index is 5.22. The normalized spacial score (nSPS) is 13.8. The number of esters is 4. The van der Waals surface area contributed by atoms with Crippen LogP contribution in [0.15, 0.2) is 0 Å². The molecular weight excluding hydrogens is 1320 g/mol. The molecule has 3 N–H and O–H groups in total. The van der Waals surface area contributed by atoms with Crippen molar-refractivity contribution in [1.82, 2.24) is 0 Å². The van der Waals surface area contributed by atoms with Gasteiger partial charge >= 0.3 is 39.5 Å². The summed E-state index contributed by atoms with van der Waals surface area (Å²) in [7, 11) is -9.92. The number of carbonyl (C=O) groups is 4. The van der Waals surface area contributed by atoms with Crippen molar-refractivity contribution < 1.29 is 80.2 Å². The number of phosphoric acid groups is 2. The predicted molar refractivity (Wildman–Crippen MR) is 414 cm³/mol. The quantitative estimate of drug-likeness (QED) is 0.0222. The van der Waals surface area contributed by atoms with Crippen LogP contribution in [0.2, 0.25) is 0 Å². The first-order valence-corrected chi connectivity index (χ1v) is 45.6. The standard InChI is InChI=1S/C82H160O17P2/c1-6-9-12-15-18-21-23-25-27-28-29-30-34-39-43-48-53-58-63-68-82(87)99-78(72-93-80(85)66-61-56-51-46-41-37-35-31-33-36-40-45-49-54-59-64-75(4)5)74-97-101(90,91)95-70-76(83)69-94-100(88,89)96-73-77(71-92-79(84)65-60-55-50-44-20-17-14-11-8-3)98-81(86)67-62-57-52-47-42-38-32-26-24-22-19-16-13-10-7-2/h75-78,83H,6-74H2,1-5H3,(H,88,89)(H,90,91)/t76-,77+,78+/m0/s1. The monoisotopic (exact) mass is 1480 g/mol. The molecule has 600 valence electrons. The third-order valence-electron chi connectivity index (χ3n) is 19.3. The second-order valence-electron chi connectivity index (χ2n) is 30.0. The first kappa shape index (κ1) is 99.1. The lowest BCUT2D eigenvalue weighted by molar-refractivity contribution is -0.161. The van der Waals surface area contributed by atoms with E-state index >= 15 is 0 Å². The van der Waals surface area contributed by atoms with Crippen molar-refractivity contribution in [2.45, 2.75) is 457 Å². The number of ether oxygens (including phenoxy) is 4. The highest BCUT2D eigenvalue weighted by Crippen LogP contribution is 2.45. The summed E-state index contributed by atoms with van der Waals surface area (Å²) in [6.07, 6.45) is 66.6. The van der Waals surface area contributed by atoms with E-state index in [4.69, 9.17) is 37.0 Å². The van der Waals surface area contributed by atoms with Crippen LogP contribution >= 0.6 is 15.6 Å². The molecule has 0 heterocycles. The van der Waals surface area contributed by atoms with Crippen LogP contribution in [-0.4, -0.2) is 96.7 Å². The van der Waals surface area contributed by atoms with E-state index < -0.39 is 97.5 Å². The Hall–Kier alpha value is -1.94. The van der Waals surface area contributed by atoms with Gasteiger partial charge in [0, 0.05) is 25.7 Å². The molecule has 0 aliphatic carbocycles. The molecule has 2 unspecified atom stereocenters. The number of rotatable bonds is 82. The van der Waals surface area contributed by atoms with Gasteiger partial charge in [0.2, 0.25) is 0 Å². The molecule has 0 aliphatic heterocycles. The fourth-order valence-electron chi connectivity index (χ4n) is 12.8. The number of hydrogen-bond donors (Lipinski definition) is 3. The third kappa shape index (κ3) is 76.1. The second kappa shape index (κ2) is 74.9. The summed E-state index contributed by atoms with van der Waals surface area (Å²) < 4.78 is 68.7. The minimum absolute atomic E-state index is 0.109. The topological polar surface area (TPSA) is 237 Å². The van der Waals surface area contributed by atoms with Crippen molar-refractivity contribution in [2.24, 2.45) is 5.92 Å². The van der Waals surface area contributed by atoms with Gasteiger partial charge in [-0.15, -0.1) is 0 Å². The number of hydrogen-bond acceptors (Lipinski definition) is 15. The fraction of sp³-hybridized carbons (Fsp3) is 0.951. The first-order valence-electron chi connectivity index (χ1n) is 42.6. The molecule has 0 aromatic heterocycles. The maximum absolute atomic E-state index is 13.1. The van der Waals surface area contributed by atoms with Crippen molar-refractivity contribution in [3.63, 3.8) is 0 Å². The maximum Gasteiger partial charge on any atom is 0.472 e. The maximum atomic E-state index is 13.1. The van der Waals surface area contributed by atoms with Gasteiger partial charge in [-0.2, -0.15) is 0 Å². The van der Waals surface area contributed by atoms with Crippen LogP contribution in [0.1, 0.15) is 439 Å². The van der Waals surface area contributed by atoms with E-state index in [2.05, 4.69) is 34.6 Å². The zero-order valence-electron chi connectivity index (χ0n) is 66.1. The van der Waals surface area contributed by atoms with Crippen LogP contribution in [0.3, 0.4) is 0 Å². The molecule has 0 bridgehead atoms. The number of carbonyl (C=O) groups excluding carboxylic acids is 4. The van der Waals surface area contributed by atoms with Crippen LogP contribution in [0.4, 0.5) is 0 Å². The summed E-state index contributed by atoms with van der Waals surface area (Å²) >= 11 is 0. The minimum Gasteiger partial charge on any atom is -0.462 e. The van der Waals surface area contributed by atoms with E-state index in [1.54, 1.807) is 0 Å². The summed E-state index contributed by atoms with van der Waals surface area (Å²) in [4.78, 5) is 73.0. The van der Waals surface area contributed by atoms with Crippen molar-refractivity contribution in [3.8, 4) is 0 Å². The Bertz CT molecular complexity index is 1930. The van der Waals surface area contributed by atoms with Crippen molar-refractivity contribution in [1.29, 1.82) is 0 Å². The van der Waals surface area contributed by atoms with E-state index in [1.165, 1.54) is 263 Å². The lowest BCUT2D eigenvalue weighted by atomic mass is 10.0. The molecule has 17 nitrogen and oxygen atoms in total. The highest BCUT2D eigenvalue weighted by Gasteiger charge is 2.30. The lowest BCUT2D eigenvalue weighted by Crippen LogP contribution is -2.30. The van der Waals surface area contributed by atoms with Crippen LogP contribution < -0.4 is 0 Å². The van der Waals surface area contributed by atoms with Crippen LogP contribution in [0.5, 0.6) is 0 Å². The van der Waals surface area contributed by atoms with Gasteiger partial charge in [-0.3, -0.25) is 37.3 Å². The zero-order valence-corrected chi connectivity index (χ0v) is 67.8. The van der Waals surface area contributed by atoms with E-state index in [0.717, 1.165) is 95.8 Å². The Morgan fingerprint density at radius 2 is 0.455 bits per heavy atom. The smallest absolute Gasteiger partial charge is 0.462 e. The minimum atomic E-state index is -4.96. The van der Waals surface area contributed by atoms with Crippen molar-refractivity contribution >= 4 is 39.5 Å². The average Bonchev–Trinajstić information content (AvgIpc) is 1.01. The Morgan fingerprint density at radius 3 is 0.673 bits per heavy atom. The van der Waals surface area contributed by atoms with Gasteiger partial charge in [0.1, 0.15) is 19.3 Å². The molecule has 101 heavy (non-hydrogen) atoms. The Kier molecular flexibility index (Phi) is 73.5. The number of aliphatic hydroxyl groups excluding tert-OH is 1. The van der Waals surface area contributed by atoms with Gasteiger partial charge in [0.15, 0.2) is 12.2 Å². The zero-order chi connectivity index (χ0) is 74.1. The van der Waals surface area contributed by atoms with Gasteiger partial charge in [0.05, 0.1) is 26.4 Å². The van der Waals surface area contributed by atoms with E-state index in [-0.39, 0.29) is 25.7 Å². The molecule has 5 atom stereocenters. The van der Waals surface area contributed by atoms with E-state index in [9.17, 15) is 43.2 Å². The van der Waals surface area contributed by atoms with Gasteiger partial charge < -0.3 is 33.8 Å². The molecule has 0 spiro atoms. The SMILES string of the molecule is CCCCCCCCCCCCCCCCCCCCCC(=O)O[C@H](COC(=O)CCCCCCCCCCCCCCCCCC(C)C)COP(=O)(O)OC[C@@H](O)COP(=O)(O)OC[C@@H](COC(=O)CCCCCCCCCCC)OC(=O)CCCCCCCCCCCCCCCCC. The molecule has 0 rings (SSSR count). The fourth-order valence-corrected chi connectivity index (χ4v) is 14.3.